The van der Waals surface area contributed by atoms with Gasteiger partial charge < -0.3 is 10.0 Å². The first-order chi connectivity index (χ1) is 12.4. The molecule has 0 aromatic heterocycles. The van der Waals surface area contributed by atoms with E-state index in [1.807, 2.05) is 55.4 Å². The topological polar surface area (TPSA) is 57.6 Å². The molecule has 26 heavy (non-hydrogen) atoms. The maximum absolute atomic E-state index is 12.6. The number of Topliss-reactive ketones (excluding diaryl/α,β-unsaturated/α-hetero) is 1. The summed E-state index contributed by atoms with van der Waals surface area (Å²) in [5, 5.41) is 8.94. The van der Waals surface area contributed by atoms with E-state index in [4.69, 9.17) is 5.11 Å². The Balaban J connectivity index is 1.77. The van der Waals surface area contributed by atoms with Gasteiger partial charge in [0.15, 0.2) is 5.78 Å². The normalized spacial score (nSPS) is 17.1. The van der Waals surface area contributed by atoms with Crippen molar-refractivity contribution in [3.63, 3.8) is 0 Å². The number of carboxylic acid groups (broad SMARTS) is 1. The highest BCUT2D eigenvalue weighted by molar-refractivity contribution is 6.15. The first-order valence-electron chi connectivity index (χ1n) is 8.50. The summed E-state index contributed by atoms with van der Waals surface area (Å²) in [6, 6.07) is 14.7. The zero-order chi connectivity index (χ0) is 18.7. The molecule has 2 aromatic rings. The molecule has 4 nitrogen and oxygen atoms in total. The van der Waals surface area contributed by atoms with Crippen molar-refractivity contribution in [3.05, 3.63) is 76.4 Å². The summed E-state index contributed by atoms with van der Waals surface area (Å²) < 4.78 is 0. The Morgan fingerprint density at radius 1 is 0.885 bits per heavy atom. The molecule has 1 N–H and O–H groups in total. The fourth-order valence-corrected chi connectivity index (χ4v) is 2.97. The summed E-state index contributed by atoms with van der Waals surface area (Å²) in [5.74, 6) is -0.879. The molecule has 0 amide bonds. The zero-order valence-corrected chi connectivity index (χ0v) is 14.9. The standard InChI is InChI=1S/C22H21NO3/c1-23(2)20-11-5-16(6-12-20)14-19-10-9-18(21(19)24)13-15-3-7-17(8-4-15)22(25)26/h3-8,11-14H,9-10H2,1-2H3,(H,25,26). The van der Waals surface area contributed by atoms with Crippen LogP contribution in [0, 0.1) is 0 Å². The second kappa shape index (κ2) is 7.40. The van der Waals surface area contributed by atoms with Gasteiger partial charge in [-0.15, -0.1) is 0 Å². The highest BCUT2D eigenvalue weighted by atomic mass is 16.4. The van der Waals surface area contributed by atoms with Gasteiger partial charge in [-0.2, -0.15) is 0 Å². The van der Waals surface area contributed by atoms with Crippen molar-refractivity contribution < 1.29 is 14.7 Å². The lowest BCUT2D eigenvalue weighted by molar-refractivity contribution is -0.111. The summed E-state index contributed by atoms with van der Waals surface area (Å²) in [6.45, 7) is 0. The molecule has 0 atom stereocenters. The highest BCUT2D eigenvalue weighted by Gasteiger charge is 2.22. The first-order valence-corrected chi connectivity index (χ1v) is 8.50. The van der Waals surface area contributed by atoms with E-state index in [0.29, 0.717) is 6.42 Å². The Hall–Kier alpha value is -3.14. The van der Waals surface area contributed by atoms with Crippen LogP contribution in [0.25, 0.3) is 12.2 Å². The van der Waals surface area contributed by atoms with Gasteiger partial charge >= 0.3 is 5.97 Å². The highest BCUT2D eigenvalue weighted by Crippen LogP contribution is 2.29. The second-order valence-electron chi connectivity index (χ2n) is 6.58. The molecule has 0 saturated heterocycles. The quantitative estimate of drug-likeness (QED) is 0.839. The molecule has 0 unspecified atom stereocenters. The molecule has 2 aromatic carbocycles. The Kier molecular flexibility index (Phi) is 5.03. The van der Waals surface area contributed by atoms with Crippen molar-refractivity contribution in [2.75, 3.05) is 19.0 Å². The number of rotatable bonds is 4. The number of carbonyl (C=O) groups excluding carboxylic acids is 1. The molecule has 0 radical (unpaired) electrons. The van der Waals surface area contributed by atoms with E-state index in [0.717, 1.165) is 34.4 Å². The summed E-state index contributed by atoms with van der Waals surface area (Å²) in [5.41, 5.74) is 4.81. The van der Waals surface area contributed by atoms with Gasteiger partial charge in [-0.1, -0.05) is 24.3 Å². The van der Waals surface area contributed by atoms with Crippen LogP contribution in [0.5, 0.6) is 0 Å². The molecule has 0 bridgehead atoms. The van der Waals surface area contributed by atoms with Crippen LogP contribution in [0.15, 0.2) is 59.7 Å². The molecule has 4 heteroatoms. The van der Waals surface area contributed by atoms with Gasteiger partial charge in [0.1, 0.15) is 0 Å². The molecule has 1 fully saturated rings. The van der Waals surface area contributed by atoms with Gasteiger partial charge in [0.25, 0.3) is 0 Å². The predicted molar refractivity (Wildman–Crippen MR) is 104 cm³/mol. The number of hydrogen-bond acceptors (Lipinski definition) is 3. The Morgan fingerprint density at radius 3 is 1.77 bits per heavy atom. The molecule has 132 valence electrons. The van der Waals surface area contributed by atoms with Crippen molar-refractivity contribution in [2.45, 2.75) is 12.8 Å². The molecule has 0 aliphatic heterocycles. The van der Waals surface area contributed by atoms with Gasteiger partial charge in [-0.3, -0.25) is 4.79 Å². The molecule has 0 spiro atoms. The van der Waals surface area contributed by atoms with Gasteiger partial charge in [-0.25, -0.2) is 4.79 Å². The third-order valence-electron chi connectivity index (χ3n) is 4.50. The van der Waals surface area contributed by atoms with Crippen LogP contribution in [-0.4, -0.2) is 31.0 Å². The lowest BCUT2D eigenvalue weighted by atomic mass is 10.1. The molecule has 3 rings (SSSR count). The lowest BCUT2D eigenvalue weighted by Crippen LogP contribution is -2.07. The summed E-state index contributed by atoms with van der Waals surface area (Å²) in [4.78, 5) is 25.6. The first kappa shape index (κ1) is 17.7. The van der Waals surface area contributed by atoms with Crippen molar-refractivity contribution in [3.8, 4) is 0 Å². The number of anilines is 1. The smallest absolute Gasteiger partial charge is 0.335 e. The zero-order valence-electron chi connectivity index (χ0n) is 14.9. The van der Waals surface area contributed by atoms with Crippen molar-refractivity contribution >= 4 is 29.6 Å². The van der Waals surface area contributed by atoms with Gasteiger partial charge in [0, 0.05) is 30.9 Å². The van der Waals surface area contributed by atoms with E-state index in [1.54, 1.807) is 24.3 Å². The SMILES string of the molecule is CN(C)c1ccc(C=C2CCC(=Cc3ccc(C(=O)O)cc3)C2=O)cc1. The third-order valence-corrected chi connectivity index (χ3v) is 4.50. The third kappa shape index (κ3) is 3.91. The minimum Gasteiger partial charge on any atom is -0.478 e. The summed E-state index contributed by atoms with van der Waals surface area (Å²) in [7, 11) is 3.99. The number of ketones is 1. The number of hydrogen-bond donors (Lipinski definition) is 1. The van der Waals surface area contributed by atoms with E-state index in [2.05, 4.69) is 0 Å². The molecular formula is C22H21NO3. The number of carbonyl (C=O) groups is 2. The van der Waals surface area contributed by atoms with Crippen LogP contribution >= 0.6 is 0 Å². The van der Waals surface area contributed by atoms with Crippen LogP contribution < -0.4 is 4.90 Å². The van der Waals surface area contributed by atoms with Crippen LogP contribution in [0.1, 0.15) is 34.3 Å². The Labute approximate surface area is 153 Å². The van der Waals surface area contributed by atoms with Gasteiger partial charge in [-0.05, 0) is 60.4 Å². The van der Waals surface area contributed by atoms with Crippen molar-refractivity contribution in [2.24, 2.45) is 0 Å². The monoisotopic (exact) mass is 347 g/mol. The van der Waals surface area contributed by atoms with Crippen LogP contribution in [0.2, 0.25) is 0 Å². The van der Waals surface area contributed by atoms with E-state index in [-0.39, 0.29) is 11.3 Å². The van der Waals surface area contributed by atoms with Crippen LogP contribution in [0.4, 0.5) is 5.69 Å². The van der Waals surface area contributed by atoms with Crippen LogP contribution in [0.3, 0.4) is 0 Å². The lowest BCUT2D eigenvalue weighted by Gasteiger charge is -2.11. The number of carboxylic acids is 1. The fourth-order valence-electron chi connectivity index (χ4n) is 2.97. The summed E-state index contributed by atoms with van der Waals surface area (Å²) in [6.07, 6.45) is 5.24. The maximum Gasteiger partial charge on any atom is 0.335 e. The molecule has 1 aliphatic rings. The van der Waals surface area contributed by atoms with Crippen molar-refractivity contribution in [1.82, 2.24) is 0 Å². The Morgan fingerprint density at radius 2 is 1.35 bits per heavy atom. The van der Waals surface area contributed by atoms with Gasteiger partial charge in [0.05, 0.1) is 5.56 Å². The number of allylic oxidation sites excluding steroid dienone is 2. The molecule has 1 saturated carbocycles. The maximum atomic E-state index is 12.6. The van der Waals surface area contributed by atoms with E-state index in [9.17, 15) is 9.59 Å². The van der Waals surface area contributed by atoms with E-state index < -0.39 is 5.97 Å². The average molecular weight is 347 g/mol. The van der Waals surface area contributed by atoms with Gasteiger partial charge in [0.2, 0.25) is 0 Å². The average Bonchev–Trinajstić information content (AvgIpc) is 2.96. The number of nitrogens with zero attached hydrogens (tertiary/aromatic N) is 1. The van der Waals surface area contributed by atoms with Crippen molar-refractivity contribution in [1.29, 1.82) is 0 Å². The minimum atomic E-state index is -0.952. The Bertz CT molecular complexity index is 888. The van der Waals surface area contributed by atoms with Crippen LogP contribution in [-0.2, 0) is 4.79 Å². The fraction of sp³-hybridized carbons (Fsp3) is 0.182. The summed E-state index contributed by atoms with van der Waals surface area (Å²) >= 11 is 0. The molecular weight excluding hydrogens is 326 g/mol. The number of aromatic carboxylic acids is 1. The van der Waals surface area contributed by atoms with E-state index >= 15 is 0 Å². The molecule has 0 heterocycles. The number of benzene rings is 2. The minimum absolute atomic E-state index is 0.0731. The second-order valence-corrected chi connectivity index (χ2v) is 6.58. The predicted octanol–water partition coefficient (Wildman–Crippen LogP) is 4.28. The van der Waals surface area contributed by atoms with E-state index in [1.165, 1.54) is 0 Å². The molecule has 1 aliphatic carbocycles. The largest absolute Gasteiger partial charge is 0.478 e.